The van der Waals surface area contributed by atoms with Crippen molar-refractivity contribution < 1.29 is 14.6 Å². The van der Waals surface area contributed by atoms with Crippen LogP contribution in [0.2, 0.25) is 0 Å². The molecular weight excluding hydrogens is 268 g/mol. The molecule has 1 aliphatic carbocycles. The molecule has 0 spiro atoms. The van der Waals surface area contributed by atoms with Crippen molar-refractivity contribution in [2.24, 2.45) is 13.0 Å². The Morgan fingerprint density at radius 2 is 2.19 bits per heavy atom. The van der Waals surface area contributed by atoms with Crippen molar-refractivity contribution in [3.63, 3.8) is 0 Å². The second-order valence-corrected chi connectivity index (χ2v) is 5.60. The number of carboxylic acids is 1. The fourth-order valence-electron chi connectivity index (χ4n) is 2.29. The van der Waals surface area contributed by atoms with Crippen LogP contribution in [0.25, 0.3) is 11.3 Å². The molecule has 1 fully saturated rings. The number of carboxylic acid groups (broad SMARTS) is 1. The van der Waals surface area contributed by atoms with E-state index in [1.807, 2.05) is 25.1 Å². The van der Waals surface area contributed by atoms with Gasteiger partial charge in [-0.3, -0.25) is 4.68 Å². The molecule has 0 unspecified atom stereocenters. The molecule has 0 bridgehead atoms. The molecule has 21 heavy (non-hydrogen) atoms. The Balaban J connectivity index is 1.98. The van der Waals surface area contributed by atoms with Gasteiger partial charge in [-0.05, 0) is 43.9 Å². The van der Waals surface area contributed by atoms with Crippen LogP contribution >= 0.6 is 0 Å². The van der Waals surface area contributed by atoms with E-state index in [9.17, 15) is 4.79 Å². The van der Waals surface area contributed by atoms with Crippen LogP contribution in [0.3, 0.4) is 0 Å². The maximum absolute atomic E-state index is 11.1. The predicted octanol–water partition coefficient (Wildman–Crippen LogP) is 2.88. The van der Waals surface area contributed by atoms with Crippen LogP contribution in [0.1, 0.15) is 28.9 Å². The maximum Gasteiger partial charge on any atom is 0.356 e. The Hall–Kier alpha value is -2.30. The highest BCUT2D eigenvalue weighted by Gasteiger charge is 2.23. The van der Waals surface area contributed by atoms with Crippen molar-refractivity contribution in [3.05, 3.63) is 35.5 Å². The highest BCUT2D eigenvalue weighted by atomic mass is 16.5. The van der Waals surface area contributed by atoms with Gasteiger partial charge in [0.25, 0.3) is 0 Å². The Kier molecular flexibility index (Phi) is 3.41. The summed E-state index contributed by atoms with van der Waals surface area (Å²) in [4.78, 5) is 11.1. The molecule has 0 radical (unpaired) electrons. The normalized spacial score (nSPS) is 14.2. The molecule has 5 nitrogen and oxygen atoms in total. The van der Waals surface area contributed by atoms with Gasteiger partial charge in [0.1, 0.15) is 5.75 Å². The number of hydrogen-bond acceptors (Lipinski definition) is 3. The summed E-state index contributed by atoms with van der Waals surface area (Å²) in [5.74, 6) is 0.428. The Bertz CT molecular complexity index is 687. The number of rotatable bonds is 5. The van der Waals surface area contributed by atoms with Crippen molar-refractivity contribution in [3.8, 4) is 17.0 Å². The molecule has 1 aliphatic rings. The Morgan fingerprint density at radius 1 is 1.43 bits per heavy atom. The molecular formula is C16H18N2O3. The molecule has 0 saturated heterocycles. The van der Waals surface area contributed by atoms with E-state index in [2.05, 4.69) is 5.10 Å². The largest absolute Gasteiger partial charge is 0.493 e. The molecule has 1 aromatic heterocycles. The van der Waals surface area contributed by atoms with E-state index in [0.717, 1.165) is 29.2 Å². The average Bonchev–Trinajstić information content (AvgIpc) is 3.18. The van der Waals surface area contributed by atoms with E-state index in [4.69, 9.17) is 9.84 Å². The van der Waals surface area contributed by atoms with Gasteiger partial charge in [-0.25, -0.2) is 4.79 Å². The number of ether oxygens (including phenoxy) is 1. The van der Waals surface area contributed by atoms with E-state index in [1.54, 1.807) is 17.8 Å². The van der Waals surface area contributed by atoms with Gasteiger partial charge in [0.05, 0.1) is 12.3 Å². The number of aryl methyl sites for hydroxylation is 2. The first-order chi connectivity index (χ1) is 10.0. The van der Waals surface area contributed by atoms with Gasteiger partial charge in [0.15, 0.2) is 5.69 Å². The lowest BCUT2D eigenvalue weighted by atomic mass is 10.1. The van der Waals surface area contributed by atoms with Gasteiger partial charge in [0, 0.05) is 12.6 Å². The van der Waals surface area contributed by atoms with Gasteiger partial charge in [-0.2, -0.15) is 5.10 Å². The first kappa shape index (κ1) is 13.7. The summed E-state index contributed by atoms with van der Waals surface area (Å²) in [6.45, 7) is 2.72. The molecule has 110 valence electrons. The number of benzene rings is 1. The minimum absolute atomic E-state index is 0.0437. The average molecular weight is 286 g/mol. The number of aromatic nitrogens is 2. The lowest BCUT2D eigenvalue weighted by Crippen LogP contribution is -2.02. The van der Waals surface area contributed by atoms with Crippen molar-refractivity contribution >= 4 is 5.97 Å². The van der Waals surface area contributed by atoms with Gasteiger partial charge < -0.3 is 9.84 Å². The number of aromatic carboxylic acids is 1. The van der Waals surface area contributed by atoms with Crippen molar-refractivity contribution in [2.45, 2.75) is 19.8 Å². The summed E-state index contributed by atoms with van der Waals surface area (Å²) in [6, 6.07) is 7.53. The molecule has 2 aromatic rings. The van der Waals surface area contributed by atoms with Crippen LogP contribution in [-0.4, -0.2) is 27.5 Å². The minimum Gasteiger partial charge on any atom is -0.493 e. The third-order valence-electron chi connectivity index (χ3n) is 3.68. The van der Waals surface area contributed by atoms with Crippen LogP contribution in [0.5, 0.6) is 5.75 Å². The lowest BCUT2D eigenvalue weighted by Gasteiger charge is -2.12. The standard InChI is InChI=1S/C16H18N2O3/c1-10-3-6-15(21-9-11-4-5-11)12(7-10)14-8-13(16(19)20)17-18(14)2/h3,6-8,11H,4-5,9H2,1-2H3,(H,19,20). The molecule has 0 amide bonds. The van der Waals surface area contributed by atoms with Crippen LogP contribution in [0.4, 0.5) is 0 Å². The van der Waals surface area contributed by atoms with Gasteiger partial charge >= 0.3 is 5.97 Å². The van der Waals surface area contributed by atoms with E-state index in [-0.39, 0.29) is 5.69 Å². The van der Waals surface area contributed by atoms with Crippen molar-refractivity contribution in [1.82, 2.24) is 9.78 Å². The quantitative estimate of drug-likeness (QED) is 0.918. The summed E-state index contributed by atoms with van der Waals surface area (Å²) < 4.78 is 7.49. The molecule has 3 rings (SSSR count). The zero-order valence-corrected chi connectivity index (χ0v) is 12.2. The third-order valence-corrected chi connectivity index (χ3v) is 3.68. The van der Waals surface area contributed by atoms with E-state index in [0.29, 0.717) is 5.92 Å². The second kappa shape index (κ2) is 5.24. The Labute approximate surface area is 123 Å². The van der Waals surface area contributed by atoms with Crippen molar-refractivity contribution in [1.29, 1.82) is 0 Å². The summed E-state index contributed by atoms with van der Waals surface area (Å²) in [7, 11) is 1.74. The summed E-state index contributed by atoms with van der Waals surface area (Å²) in [5, 5.41) is 13.1. The van der Waals surface area contributed by atoms with Crippen LogP contribution < -0.4 is 4.74 Å². The SMILES string of the molecule is Cc1ccc(OCC2CC2)c(-c2cc(C(=O)O)nn2C)c1. The van der Waals surface area contributed by atoms with E-state index >= 15 is 0 Å². The molecule has 1 aromatic carbocycles. The number of hydrogen-bond donors (Lipinski definition) is 1. The highest BCUT2D eigenvalue weighted by molar-refractivity contribution is 5.87. The first-order valence-electron chi connectivity index (χ1n) is 7.06. The molecule has 0 atom stereocenters. The minimum atomic E-state index is -1.02. The summed E-state index contributed by atoms with van der Waals surface area (Å²) in [5.41, 5.74) is 2.78. The van der Waals surface area contributed by atoms with Gasteiger partial charge in [0.2, 0.25) is 0 Å². The smallest absolute Gasteiger partial charge is 0.356 e. The lowest BCUT2D eigenvalue weighted by molar-refractivity contribution is 0.0689. The highest BCUT2D eigenvalue weighted by Crippen LogP contribution is 2.34. The fraction of sp³-hybridized carbons (Fsp3) is 0.375. The molecule has 1 heterocycles. The van der Waals surface area contributed by atoms with E-state index < -0.39 is 5.97 Å². The molecule has 5 heteroatoms. The van der Waals surface area contributed by atoms with Gasteiger partial charge in [-0.15, -0.1) is 0 Å². The van der Waals surface area contributed by atoms with E-state index in [1.165, 1.54) is 12.8 Å². The second-order valence-electron chi connectivity index (χ2n) is 5.60. The first-order valence-corrected chi connectivity index (χ1v) is 7.06. The summed E-state index contributed by atoms with van der Waals surface area (Å²) >= 11 is 0. The number of carbonyl (C=O) groups is 1. The van der Waals surface area contributed by atoms with Crippen LogP contribution in [0, 0.1) is 12.8 Å². The predicted molar refractivity (Wildman–Crippen MR) is 78.6 cm³/mol. The zero-order chi connectivity index (χ0) is 15.0. The topological polar surface area (TPSA) is 64.3 Å². The number of nitrogens with zero attached hydrogens (tertiary/aromatic N) is 2. The zero-order valence-electron chi connectivity index (χ0n) is 12.2. The Morgan fingerprint density at radius 3 is 2.81 bits per heavy atom. The maximum atomic E-state index is 11.1. The third kappa shape index (κ3) is 2.91. The van der Waals surface area contributed by atoms with Gasteiger partial charge in [-0.1, -0.05) is 11.6 Å². The molecule has 1 saturated carbocycles. The van der Waals surface area contributed by atoms with Crippen molar-refractivity contribution in [2.75, 3.05) is 6.61 Å². The van der Waals surface area contributed by atoms with Crippen LogP contribution in [0.15, 0.2) is 24.3 Å². The van der Waals surface area contributed by atoms with Crippen LogP contribution in [-0.2, 0) is 7.05 Å². The fourth-order valence-corrected chi connectivity index (χ4v) is 2.29. The monoisotopic (exact) mass is 286 g/mol. The molecule has 1 N–H and O–H groups in total. The molecule has 0 aliphatic heterocycles. The summed E-state index contributed by atoms with van der Waals surface area (Å²) in [6.07, 6.45) is 2.46.